The fourth-order valence-corrected chi connectivity index (χ4v) is 6.75. The molecule has 2 aromatic rings. The number of aromatic nitrogens is 1. The summed E-state index contributed by atoms with van der Waals surface area (Å²) in [4.78, 5) is 13.2. The van der Waals surface area contributed by atoms with Gasteiger partial charge in [-0.1, -0.05) is 56.7 Å². The van der Waals surface area contributed by atoms with E-state index in [9.17, 15) is 4.79 Å². The number of carbonyl (C=O) groups is 1. The Morgan fingerprint density at radius 3 is 2.39 bits per heavy atom. The van der Waals surface area contributed by atoms with E-state index < -0.39 is 0 Å². The first-order valence-electron chi connectivity index (χ1n) is 13.7. The van der Waals surface area contributed by atoms with E-state index in [0.29, 0.717) is 18.4 Å². The molecule has 1 amide bonds. The summed E-state index contributed by atoms with van der Waals surface area (Å²) in [6, 6.07) is 9.29. The molecule has 3 aliphatic rings. The zero-order valence-corrected chi connectivity index (χ0v) is 20.3. The van der Waals surface area contributed by atoms with Crippen LogP contribution in [0.5, 0.6) is 0 Å². The summed E-state index contributed by atoms with van der Waals surface area (Å²) in [5.74, 6) is 1.83. The van der Waals surface area contributed by atoms with Crippen molar-refractivity contribution in [3.8, 4) is 0 Å². The maximum atomic E-state index is 13.2. The number of hydrogen-bond donors (Lipinski definition) is 1. The lowest BCUT2D eigenvalue weighted by Crippen LogP contribution is -2.37. The first kappa shape index (κ1) is 23.0. The van der Waals surface area contributed by atoms with Crippen molar-refractivity contribution in [1.29, 1.82) is 0 Å². The van der Waals surface area contributed by atoms with E-state index in [1.807, 2.05) is 0 Å². The summed E-state index contributed by atoms with van der Waals surface area (Å²) < 4.78 is 8.22. The van der Waals surface area contributed by atoms with E-state index in [2.05, 4.69) is 40.3 Å². The fourth-order valence-electron chi connectivity index (χ4n) is 6.75. The zero-order chi connectivity index (χ0) is 22.5. The standard InChI is InChI=1S/C29H42N2O2/c32-29(30-24-11-5-2-6-12-24)19-26(23-15-17-33-18-16-23)27-21-31(20-22-9-3-1-4-10-22)28-14-8-7-13-25(27)28/h7-8,13-14,21-24,26H,1-6,9-12,15-20H2,(H,30,32). The molecule has 0 spiro atoms. The molecular weight excluding hydrogens is 408 g/mol. The number of ether oxygens (including phenoxy) is 1. The SMILES string of the molecule is O=C(CC(c1cn(CC2CCCCC2)c2ccccc12)C1CCOCC1)NC1CCCCC1. The highest BCUT2D eigenvalue weighted by molar-refractivity contribution is 5.86. The monoisotopic (exact) mass is 450 g/mol. The van der Waals surface area contributed by atoms with Gasteiger partial charge in [-0.2, -0.15) is 0 Å². The van der Waals surface area contributed by atoms with E-state index in [-0.39, 0.29) is 11.8 Å². The quantitative estimate of drug-likeness (QED) is 0.518. The van der Waals surface area contributed by atoms with Crippen molar-refractivity contribution in [2.75, 3.05) is 13.2 Å². The molecule has 0 radical (unpaired) electrons. The summed E-state index contributed by atoms with van der Waals surface area (Å²) in [7, 11) is 0. The number of nitrogens with zero attached hydrogens (tertiary/aromatic N) is 1. The third-order valence-electron chi connectivity index (χ3n) is 8.61. The Morgan fingerprint density at radius 2 is 1.64 bits per heavy atom. The highest BCUT2D eigenvalue weighted by Crippen LogP contribution is 2.40. The molecule has 4 heteroatoms. The molecule has 2 heterocycles. The molecule has 2 aliphatic carbocycles. The lowest BCUT2D eigenvalue weighted by molar-refractivity contribution is -0.122. The van der Waals surface area contributed by atoms with Crippen LogP contribution in [0.1, 0.15) is 95.0 Å². The average molecular weight is 451 g/mol. The number of rotatable bonds is 7. The number of fused-ring (bicyclic) bond motifs is 1. The Labute approximate surface area is 199 Å². The minimum absolute atomic E-state index is 0.252. The fraction of sp³-hybridized carbons (Fsp3) is 0.690. The third kappa shape index (κ3) is 5.65. The minimum atomic E-state index is 0.252. The molecule has 1 aliphatic heterocycles. The van der Waals surface area contributed by atoms with E-state index in [1.54, 1.807) is 0 Å². The maximum Gasteiger partial charge on any atom is 0.220 e. The van der Waals surface area contributed by atoms with Gasteiger partial charge in [0.2, 0.25) is 5.91 Å². The van der Waals surface area contributed by atoms with Gasteiger partial charge in [-0.05, 0) is 67.9 Å². The van der Waals surface area contributed by atoms with Crippen LogP contribution in [0.3, 0.4) is 0 Å². The maximum absolute atomic E-state index is 13.2. The molecule has 1 aromatic heterocycles. The number of carbonyl (C=O) groups excluding carboxylic acids is 1. The third-order valence-corrected chi connectivity index (χ3v) is 8.61. The van der Waals surface area contributed by atoms with Crippen LogP contribution in [-0.2, 0) is 16.1 Å². The summed E-state index contributed by atoms with van der Waals surface area (Å²) in [6.07, 6.45) is 18.1. The van der Waals surface area contributed by atoms with Crippen molar-refractivity contribution in [3.05, 3.63) is 36.0 Å². The molecule has 1 N–H and O–H groups in total. The first-order valence-corrected chi connectivity index (χ1v) is 13.7. The van der Waals surface area contributed by atoms with Crippen LogP contribution in [0.2, 0.25) is 0 Å². The lowest BCUT2D eigenvalue weighted by atomic mass is 9.79. The van der Waals surface area contributed by atoms with Gasteiger partial charge in [0.15, 0.2) is 0 Å². The second kappa shape index (κ2) is 11.1. The van der Waals surface area contributed by atoms with Gasteiger partial charge in [0.25, 0.3) is 0 Å². The molecule has 3 fully saturated rings. The van der Waals surface area contributed by atoms with Gasteiger partial charge in [0.1, 0.15) is 0 Å². The Kier molecular flexibility index (Phi) is 7.71. The molecule has 1 atom stereocenters. The number of benzene rings is 1. The van der Waals surface area contributed by atoms with E-state index in [4.69, 9.17) is 4.74 Å². The molecule has 0 bridgehead atoms. The second-order valence-electron chi connectivity index (χ2n) is 10.9. The van der Waals surface area contributed by atoms with Crippen molar-refractivity contribution in [2.24, 2.45) is 11.8 Å². The number of amides is 1. The summed E-state index contributed by atoms with van der Waals surface area (Å²) in [5, 5.41) is 4.76. The predicted molar refractivity (Wildman–Crippen MR) is 134 cm³/mol. The molecule has 2 saturated carbocycles. The van der Waals surface area contributed by atoms with Gasteiger partial charge in [-0.25, -0.2) is 0 Å². The van der Waals surface area contributed by atoms with E-state index in [1.165, 1.54) is 67.8 Å². The van der Waals surface area contributed by atoms with Gasteiger partial charge in [-0.3, -0.25) is 4.79 Å². The van der Waals surface area contributed by atoms with Crippen LogP contribution in [0.15, 0.2) is 30.5 Å². The largest absolute Gasteiger partial charge is 0.381 e. The van der Waals surface area contributed by atoms with Crippen molar-refractivity contribution in [2.45, 2.75) is 102 Å². The van der Waals surface area contributed by atoms with Gasteiger partial charge < -0.3 is 14.6 Å². The number of nitrogens with one attached hydrogen (secondary N) is 1. The molecular formula is C29H42N2O2. The van der Waals surface area contributed by atoms with Crippen LogP contribution in [0, 0.1) is 11.8 Å². The van der Waals surface area contributed by atoms with E-state index >= 15 is 0 Å². The van der Waals surface area contributed by atoms with Gasteiger partial charge >= 0.3 is 0 Å². The summed E-state index contributed by atoms with van der Waals surface area (Å²) >= 11 is 0. The molecule has 1 aromatic carbocycles. The molecule has 33 heavy (non-hydrogen) atoms. The molecule has 1 unspecified atom stereocenters. The molecule has 5 rings (SSSR count). The predicted octanol–water partition coefficient (Wildman–Crippen LogP) is 6.57. The Balaban J connectivity index is 1.41. The average Bonchev–Trinajstić information content (AvgIpc) is 3.22. The van der Waals surface area contributed by atoms with Gasteiger partial charge in [0.05, 0.1) is 0 Å². The Bertz CT molecular complexity index is 901. The van der Waals surface area contributed by atoms with Crippen LogP contribution < -0.4 is 5.32 Å². The van der Waals surface area contributed by atoms with Crippen molar-refractivity contribution in [3.63, 3.8) is 0 Å². The first-order chi connectivity index (χ1) is 16.3. The van der Waals surface area contributed by atoms with Crippen molar-refractivity contribution in [1.82, 2.24) is 9.88 Å². The van der Waals surface area contributed by atoms with Crippen LogP contribution >= 0.6 is 0 Å². The number of para-hydroxylation sites is 1. The Hall–Kier alpha value is -1.81. The van der Waals surface area contributed by atoms with E-state index in [0.717, 1.165) is 51.4 Å². The van der Waals surface area contributed by atoms with Crippen LogP contribution in [-0.4, -0.2) is 29.7 Å². The lowest BCUT2D eigenvalue weighted by Gasteiger charge is -2.31. The summed E-state index contributed by atoms with van der Waals surface area (Å²) in [5.41, 5.74) is 2.75. The molecule has 1 saturated heterocycles. The van der Waals surface area contributed by atoms with Gasteiger partial charge in [0, 0.05) is 49.3 Å². The highest BCUT2D eigenvalue weighted by atomic mass is 16.5. The summed E-state index contributed by atoms with van der Waals surface area (Å²) in [6.45, 7) is 2.77. The smallest absolute Gasteiger partial charge is 0.220 e. The molecule has 180 valence electrons. The van der Waals surface area contributed by atoms with Crippen molar-refractivity contribution < 1.29 is 9.53 Å². The second-order valence-corrected chi connectivity index (χ2v) is 10.9. The Morgan fingerprint density at radius 1 is 0.939 bits per heavy atom. The van der Waals surface area contributed by atoms with Gasteiger partial charge in [-0.15, -0.1) is 0 Å². The van der Waals surface area contributed by atoms with Crippen LogP contribution in [0.4, 0.5) is 0 Å². The van der Waals surface area contributed by atoms with Crippen LogP contribution in [0.25, 0.3) is 10.9 Å². The van der Waals surface area contributed by atoms with Crippen molar-refractivity contribution >= 4 is 16.8 Å². The topological polar surface area (TPSA) is 43.3 Å². The highest BCUT2D eigenvalue weighted by Gasteiger charge is 2.31. The molecule has 4 nitrogen and oxygen atoms in total. The normalized spacial score (nSPS) is 22.4. The number of hydrogen-bond acceptors (Lipinski definition) is 2. The minimum Gasteiger partial charge on any atom is -0.381 e. The zero-order valence-electron chi connectivity index (χ0n) is 20.3.